The van der Waals surface area contributed by atoms with Gasteiger partial charge in [-0.15, -0.1) is 0 Å². The Morgan fingerprint density at radius 2 is 1.87 bits per heavy atom. The van der Waals surface area contributed by atoms with Crippen molar-refractivity contribution in [2.45, 2.75) is 55.9 Å². The van der Waals surface area contributed by atoms with Gasteiger partial charge in [0.15, 0.2) is 0 Å². The van der Waals surface area contributed by atoms with Crippen molar-refractivity contribution in [1.82, 2.24) is 4.31 Å². The van der Waals surface area contributed by atoms with Crippen LogP contribution in [0, 0.1) is 5.92 Å². The summed E-state index contributed by atoms with van der Waals surface area (Å²) < 4.78 is 33.5. The van der Waals surface area contributed by atoms with Gasteiger partial charge in [0.2, 0.25) is 10.0 Å². The number of benzene rings is 1. The number of aryl methyl sites for hydroxylation is 2. The molecule has 0 aromatic heterocycles. The molecule has 1 aromatic carbocycles. The number of fused-ring (bicyclic) bond motifs is 1. The third kappa shape index (κ3) is 3.19. The lowest BCUT2D eigenvalue weighted by Crippen LogP contribution is -2.37. The average Bonchev–Trinajstić information content (AvgIpc) is 3.27. The maximum Gasteiger partial charge on any atom is 0.243 e. The van der Waals surface area contributed by atoms with E-state index in [0.717, 1.165) is 38.7 Å². The summed E-state index contributed by atoms with van der Waals surface area (Å²) in [7, 11) is -3.38. The summed E-state index contributed by atoms with van der Waals surface area (Å²) in [4.78, 5) is 0.490. The molecule has 1 aliphatic heterocycles. The van der Waals surface area contributed by atoms with Crippen molar-refractivity contribution in [2.24, 2.45) is 5.92 Å². The monoisotopic (exact) mass is 335 g/mol. The summed E-state index contributed by atoms with van der Waals surface area (Å²) in [6, 6.07) is 5.99. The van der Waals surface area contributed by atoms with Gasteiger partial charge < -0.3 is 4.74 Å². The quantitative estimate of drug-likeness (QED) is 0.831. The van der Waals surface area contributed by atoms with Crippen LogP contribution in [0.1, 0.15) is 43.2 Å². The lowest BCUT2D eigenvalue weighted by molar-refractivity contribution is 0.180. The van der Waals surface area contributed by atoms with Crippen LogP contribution in [-0.4, -0.2) is 38.5 Å². The van der Waals surface area contributed by atoms with Gasteiger partial charge >= 0.3 is 0 Å². The molecule has 23 heavy (non-hydrogen) atoms. The molecule has 0 radical (unpaired) electrons. The molecular weight excluding hydrogens is 310 g/mol. The van der Waals surface area contributed by atoms with E-state index in [-0.39, 0.29) is 6.04 Å². The molecule has 0 spiro atoms. The van der Waals surface area contributed by atoms with Crippen LogP contribution in [0.25, 0.3) is 0 Å². The third-order valence-electron chi connectivity index (χ3n) is 5.34. The fraction of sp³-hybridized carbons (Fsp3) is 0.667. The lowest BCUT2D eigenvalue weighted by atomic mass is 9.92. The highest BCUT2D eigenvalue weighted by Gasteiger charge is 2.40. The Balaban J connectivity index is 1.61. The van der Waals surface area contributed by atoms with E-state index in [1.54, 1.807) is 4.31 Å². The van der Waals surface area contributed by atoms with Crippen molar-refractivity contribution in [3.8, 4) is 0 Å². The van der Waals surface area contributed by atoms with Crippen LogP contribution >= 0.6 is 0 Å². The summed E-state index contributed by atoms with van der Waals surface area (Å²) in [5, 5.41) is 0. The molecule has 5 heteroatoms. The van der Waals surface area contributed by atoms with Gasteiger partial charge in [-0.1, -0.05) is 6.07 Å². The van der Waals surface area contributed by atoms with E-state index in [1.807, 2.05) is 18.2 Å². The molecule has 0 bridgehead atoms. The van der Waals surface area contributed by atoms with Crippen molar-refractivity contribution in [3.63, 3.8) is 0 Å². The first kappa shape index (κ1) is 15.6. The van der Waals surface area contributed by atoms with Crippen LogP contribution in [0.4, 0.5) is 0 Å². The molecule has 1 saturated heterocycles. The Hall–Kier alpha value is -0.910. The van der Waals surface area contributed by atoms with Crippen LogP contribution in [-0.2, 0) is 27.6 Å². The van der Waals surface area contributed by atoms with Gasteiger partial charge in [-0.3, -0.25) is 0 Å². The van der Waals surface area contributed by atoms with Crippen LogP contribution in [0.5, 0.6) is 0 Å². The molecule has 126 valence electrons. The highest BCUT2D eigenvalue weighted by molar-refractivity contribution is 7.89. The van der Waals surface area contributed by atoms with Gasteiger partial charge in [0.1, 0.15) is 0 Å². The Morgan fingerprint density at radius 1 is 1.09 bits per heavy atom. The van der Waals surface area contributed by atoms with Crippen molar-refractivity contribution in [1.29, 1.82) is 0 Å². The van der Waals surface area contributed by atoms with Crippen LogP contribution < -0.4 is 0 Å². The Bertz CT molecular complexity index is 676. The maximum absolute atomic E-state index is 13.2. The average molecular weight is 335 g/mol. The zero-order chi connectivity index (χ0) is 15.9. The van der Waals surface area contributed by atoms with Gasteiger partial charge in [-0.25, -0.2) is 8.42 Å². The first-order chi connectivity index (χ1) is 11.1. The predicted molar refractivity (Wildman–Crippen MR) is 88.9 cm³/mol. The molecule has 2 aliphatic carbocycles. The zero-order valence-corrected chi connectivity index (χ0v) is 14.4. The van der Waals surface area contributed by atoms with Crippen molar-refractivity contribution in [2.75, 3.05) is 19.8 Å². The molecule has 4 rings (SSSR count). The first-order valence-corrected chi connectivity index (χ1v) is 10.3. The molecule has 0 amide bonds. The van der Waals surface area contributed by atoms with E-state index in [4.69, 9.17) is 4.74 Å². The number of ether oxygens (including phenoxy) is 1. The molecule has 4 nitrogen and oxygen atoms in total. The molecular formula is C18H25NO3S. The second kappa shape index (κ2) is 6.19. The van der Waals surface area contributed by atoms with Gasteiger partial charge in [-0.05, 0) is 74.1 Å². The highest BCUT2D eigenvalue weighted by atomic mass is 32.2. The standard InChI is InChI=1S/C18H25NO3S/c20-23(21,18-8-5-15-3-1-2-4-16(15)11-18)19(17-6-7-17)12-14-9-10-22-13-14/h5,8,11,14,17H,1-4,6-7,9-10,12-13H2/t14-/m0/s1. The summed E-state index contributed by atoms with van der Waals surface area (Å²) in [5.74, 6) is 0.350. The largest absolute Gasteiger partial charge is 0.381 e. The molecule has 0 unspecified atom stereocenters. The fourth-order valence-corrected chi connectivity index (χ4v) is 5.61. The van der Waals surface area contributed by atoms with Gasteiger partial charge in [0.05, 0.1) is 11.5 Å². The summed E-state index contributed by atoms with van der Waals surface area (Å²) in [6.07, 6.45) is 7.45. The van der Waals surface area contributed by atoms with Crippen LogP contribution in [0.3, 0.4) is 0 Å². The van der Waals surface area contributed by atoms with Crippen molar-refractivity contribution in [3.05, 3.63) is 29.3 Å². The highest BCUT2D eigenvalue weighted by Crippen LogP contribution is 2.35. The smallest absolute Gasteiger partial charge is 0.243 e. The number of nitrogens with zero attached hydrogens (tertiary/aromatic N) is 1. The van der Waals surface area contributed by atoms with Gasteiger partial charge in [0, 0.05) is 19.2 Å². The second-order valence-electron chi connectivity index (χ2n) is 7.17. The fourth-order valence-electron chi connectivity index (χ4n) is 3.79. The van der Waals surface area contributed by atoms with E-state index < -0.39 is 10.0 Å². The topological polar surface area (TPSA) is 46.6 Å². The normalized spacial score (nSPS) is 24.8. The van der Waals surface area contributed by atoms with Gasteiger partial charge in [-0.2, -0.15) is 4.31 Å². The number of hydrogen-bond donors (Lipinski definition) is 0. The van der Waals surface area contributed by atoms with Gasteiger partial charge in [0.25, 0.3) is 0 Å². The molecule has 0 N–H and O–H groups in total. The summed E-state index contributed by atoms with van der Waals surface area (Å²) in [5.41, 5.74) is 2.56. The minimum atomic E-state index is -3.38. The SMILES string of the molecule is O=S(=O)(c1ccc2c(c1)CCCC2)N(C[C@@H]1CCOC1)C1CC1. The third-order valence-corrected chi connectivity index (χ3v) is 7.26. The zero-order valence-electron chi connectivity index (χ0n) is 13.5. The second-order valence-corrected chi connectivity index (χ2v) is 9.06. The minimum absolute atomic E-state index is 0.205. The van der Waals surface area contributed by atoms with E-state index in [2.05, 4.69) is 0 Å². The summed E-state index contributed by atoms with van der Waals surface area (Å²) in [6.45, 7) is 2.08. The predicted octanol–water partition coefficient (Wildman–Crippen LogP) is 2.76. The van der Waals surface area contributed by atoms with Crippen LogP contribution in [0.2, 0.25) is 0 Å². The van der Waals surface area contributed by atoms with Crippen molar-refractivity contribution < 1.29 is 13.2 Å². The van der Waals surface area contributed by atoms with Crippen LogP contribution in [0.15, 0.2) is 23.1 Å². The molecule has 1 aromatic rings. The maximum atomic E-state index is 13.2. The molecule has 2 fully saturated rings. The van der Waals surface area contributed by atoms with E-state index in [1.165, 1.54) is 24.0 Å². The first-order valence-electron chi connectivity index (χ1n) is 8.86. The molecule has 3 aliphatic rings. The Kier molecular flexibility index (Phi) is 4.20. The minimum Gasteiger partial charge on any atom is -0.381 e. The molecule has 1 saturated carbocycles. The number of hydrogen-bond acceptors (Lipinski definition) is 3. The Morgan fingerprint density at radius 3 is 2.57 bits per heavy atom. The van der Waals surface area contributed by atoms with E-state index in [9.17, 15) is 8.42 Å². The van der Waals surface area contributed by atoms with E-state index >= 15 is 0 Å². The number of sulfonamides is 1. The molecule has 1 heterocycles. The van der Waals surface area contributed by atoms with Crippen molar-refractivity contribution >= 4 is 10.0 Å². The Labute approximate surface area is 138 Å². The van der Waals surface area contributed by atoms with E-state index in [0.29, 0.717) is 24.0 Å². The summed E-state index contributed by atoms with van der Waals surface area (Å²) >= 11 is 0. The number of rotatable bonds is 5. The lowest BCUT2D eigenvalue weighted by Gasteiger charge is -2.25. The molecule has 1 atom stereocenters.